The minimum absolute atomic E-state index is 0.250. The van der Waals surface area contributed by atoms with Crippen LogP contribution in [0.2, 0.25) is 0 Å². The quantitative estimate of drug-likeness (QED) is 0.757. The molecule has 2 aliphatic rings. The van der Waals surface area contributed by atoms with Crippen molar-refractivity contribution in [3.8, 4) is 0 Å². The number of likely N-dealkylation sites (tertiary alicyclic amines) is 1. The maximum atomic E-state index is 12.2. The Kier molecular flexibility index (Phi) is 7.16. The fourth-order valence-corrected chi connectivity index (χ4v) is 3.92. The normalized spacial score (nSPS) is 28.0. The fourth-order valence-electron chi connectivity index (χ4n) is 3.92. The zero-order chi connectivity index (χ0) is 15.9. The van der Waals surface area contributed by atoms with Crippen LogP contribution in [-0.4, -0.2) is 50.1 Å². The lowest BCUT2D eigenvalue weighted by molar-refractivity contribution is -0.122. The van der Waals surface area contributed by atoms with E-state index in [1.807, 2.05) is 0 Å². The fraction of sp³-hybridized carbons (Fsp3) is 0.944. The van der Waals surface area contributed by atoms with Crippen molar-refractivity contribution in [2.75, 3.05) is 39.3 Å². The van der Waals surface area contributed by atoms with E-state index in [4.69, 9.17) is 0 Å². The molecule has 4 nitrogen and oxygen atoms in total. The van der Waals surface area contributed by atoms with Gasteiger partial charge in [-0.3, -0.25) is 4.79 Å². The molecule has 2 heterocycles. The Labute approximate surface area is 136 Å². The van der Waals surface area contributed by atoms with Crippen molar-refractivity contribution in [3.63, 3.8) is 0 Å². The largest absolute Gasteiger partial charge is 0.356 e. The Balaban J connectivity index is 1.61. The summed E-state index contributed by atoms with van der Waals surface area (Å²) >= 11 is 0. The summed E-state index contributed by atoms with van der Waals surface area (Å²) < 4.78 is 0. The van der Waals surface area contributed by atoms with E-state index in [9.17, 15) is 4.79 Å². The van der Waals surface area contributed by atoms with Gasteiger partial charge in [-0.2, -0.15) is 0 Å². The first-order valence-corrected chi connectivity index (χ1v) is 9.24. The van der Waals surface area contributed by atoms with Gasteiger partial charge in [0.2, 0.25) is 5.91 Å². The van der Waals surface area contributed by atoms with Gasteiger partial charge in [0.05, 0.1) is 0 Å². The average molecular weight is 309 g/mol. The number of hydrogen-bond acceptors (Lipinski definition) is 3. The summed E-state index contributed by atoms with van der Waals surface area (Å²) in [5.41, 5.74) is 0. The first-order chi connectivity index (χ1) is 10.5. The van der Waals surface area contributed by atoms with Gasteiger partial charge in [-0.1, -0.05) is 20.8 Å². The van der Waals surface area contributed by atoms with Gasteiger partial charge in [-0.05, 0) is 62.6 Å². The first-order valence-electron chi connectivity index (χ1n) is 9.24. The summed E-state index contributed by atoms with van der Waals surface area (Å²) in [7, 11) is 0. The highest BCUT2D eigenvalue weighted by atomic mass is 16.1. The van der Waals surface area contributed by atoms with Crippen molar-refractivity contribution < 1.29 is 4.79 Å². The van der Waals surface area contributed by atoms with Crippen LogP contribution in [0, 0.1) is 23.7 Å². The standard InChI is InChI=1S/C18H35N3O/c1-14(2)12-21-8-6-16(13-21)10-20-18(22)9-15(3)17-5-4-7-19-11-17/h14-17,19H,4-13H2,1-3H3,(H,20,22). The molecular formula is C18H35N3O. The minimum atomic E-state index is 0.250. The van der Waals surface area contributed by atoms with Crippen molar-refractivity contribution in [1.29, 1.82) is 0 Å². The zero-order valence-electron chi connectivity index (χ0n) is 14.7. The van der Waals surface area contributed by atoms with Crippen molar-refractivity contribution >= 4 is 5.91 Å². The summed E-state index contributed by atoms with van der Waals surface area (Å²) in [6, 6.07) is 0. The summed E-state index contributed by atoms with van der Waals surface area (Å²) in [6.07, 6.45) is 4.45. The molecule has 3 unspecified atom stereocenters. The number of rotatable bonds is 7. The lowest BCUT2D eigenvalue weighted by Crippen LogP contribution is -2.37. The number of carbonyl (C=O) groups excluding carboxylic acids is 1. The van der Waals surface area contributed by atoms with Gasteiger partial charge < -0.3 is 15.5 Å². The highest BCUT2D eigenvalue weighted by Gasteiger charge is 2.25. The van der Waals surface area contributed by atoms with E-state index in [1.54, 1.807) is 0 Å². The monoisotopic (exact) mass is 309 g/mol. The topological polar surface area (TPSA) is 44.4 Å². The first kappa shape index (κ1) is 17.7. The lowest BCUT2D eigenvalue weighted by Gasteiger charge is -2.28. The number of nitrogens with zero attached hydrogens (tertiary/aromatic N) is 1. The van der Waals surface area contributed by atoms with Crippen LogP contribution in [0.1, 0.15) is 46.5 Å². The van der Waals surface area contributed by atoms with Gasteiger partial charge in [0, 0.05) is 26.1 Å². The molecule has 2 rings (SSSR count). The molecule has 0 saturated carbocycles. The van der Waals surface area contributed by atoms with Crippen LogP contribution in [-0.2, 0) is 4.79 Å². The molecule has 0 aromatic carbocycles. The van der Waals surface area contributed by atoms with Crippen LogP contribution in [0.4, 0.5) is 0 Å². The van der Waals surface area contributed by atoms with Gasteiger partial charge in [-0.25, -0.2) is 0 Å². The predicted octanol–water partition coefficient (Wildman–Crippen LogP) is 2.11. The molecule has 2 aliphatic heterocycles. The molecular weight excluding hydrogens is 274 g/mol. The molecule has 0 aromatic heterocycles. The number of amides is 1. The van der Waals surface area contributed by atoms with E-state index < -0.39 is 0 Å². The highest BCUT2D eigenvalue weighted by Crippen LogP contribution is 2.22. The summed E-state index contributed by atoms with van der Waals surface area (Å²) in [5, 5.41) is 6.63. The number of carbonyl (C=O) groups is 1. The molecule has 2 saturated heterocycles. The van der Waals surface area contributed by atoms with Gasteiger partial charge in [0.1, 0.15) is 0 Å². The molecule has 22 heavy (non-hydrogen) atoms. The lowest BCUT2D eigenvalue weighted by atomic mass is 9.85. The third-order valence-electron chi connectivity index (χ3n) is 5.23. The molecule has 3 atom stereocenters. The Hall–Kier alpha value is -0.610. The van der Waals surface area contributed by atoms with Gasteiger partial charge >= 0.3 is 0 Å². The Morgan fingerprint density at radius 1 is 1.32 bits per heavy atom. The predicted molar refractivity (Wildman–Crippen MR) is 91.8 cm³/mol. The van der Waals surface area contributed by atoms with E-state index >= 15 is 0 Å². The van der Waals surface area contributed by atoms with Gasteiger partial charge in [-0.15, -0.1) is 0 Å². The average Bonchev–Trinajstić information content (AvgIpc) is 2.93. The SMILES string of the molecule is CC(C)CN1CCC(CNC(=O)CC(C)C2CCCNC2)C1. The molecule has 2 fully saturated rings. The molecule has 0 radical (unpaired) electrons. The van der Waals surface area contributed by atoms with Crippen LogP contribution < -0.4 is 10.6 Å². The molecule has 1 amide bonds. The number of nitrogens with one attached hydrogen (secondary N) is 2. The molecule has 0 spiro atoms. The second-order valence-electron chi connectivity index (χ2n) is 7.90. The van der Waals surface area contributed by atoms with E-state index in [-0.39, 0.29) is 5.91 Å². The van der Waals surface area contributed by atoms with Crippen molar-refractivity contribution in [2.24, 2.45) is 23.7 Å². The second kappa shape index (κ2) is 8.88. The van der Waals surface area contributed by atoms with E-state index in [0.717, 1.165) is 32.1 Å². The number of piperidine rings is 1. The maximum absolute atomic E-state index is 12.2. The van der Waals surface area contributed by atoms with Crippen LogP contribution in [0.5, 0.6) is 0 Å². The van der Waals surface area contributed by atoms with Crippen LogP contribution in [0.3, 0.4) is 0 Å². The zero-order valence-corrected chi connectivity index (χ0v) is 14.7. The maximum Gasteiger partial charge on any atom is 0.220 e. The summed E-state index contributed by atoms with van der Waals surface area (Å²) in [4.78, 5) is 14.7. The second-order valence-corrected chi connectivity index (χ2v) is 7.90. The summed E-state index contributed by atoms with van der Waals surface area (Å²) in [5.74, 6) is 2.80. The molecule has 0 aliphatic carbocycles. The van der Waals surface area contributed by atoms with E-state index in [0.29, 0.717) is 24.2 Å². The molecule has 0 aromatic rings. The molecule has 128 valence electrons. The van der Waals surface area contributed by atoms with Crippen LogP contribution in [0.25, 0.3) is 0 Å². The van der Waals surface area contributed by atoms with Gasteiger partial charge in [0.15, 0.2) is 0 Å². The van der Waals surface area contributed by atoms with Gasteiger partial charge in [0.25, 0.3) is 0 Å². The van der Waals surface area contributed by atoms with E-state index in [1.165, 1.54) is 32.4 Å². The highest BCUT2D eigenvalue weighted by molar-refractivity contribution is 5.76. The third kappa shape index (κ3) is 5.88. The van der Waals surface area contributed by atoms with Crippen molar-refractivity contribution in [3.05, 3.63) is 0 Å². The van der Waals surface area contributed by atoms with Crippen LogP contribution >= 0.6 is 0 Å². The molecule has 0 bridgehead atoms. The Morgan fingerprint density at radius 2 is 2.14 bits per heavy atom. The smallest absolute Gasteiger partial charge is 0.220 e. The third-order valence-corrected chi connectivity index (χ3v) is 5.23. The molecule has 4 heteroatoms. The Morgan fingerprint density at radius 3 is 2.82 bits per heavy atom. The minimum Gasteiger partial charge on any atom is -0.356 e. The molecule has 2 N–H and O–H groups in total. The summed E-state index contributed by atoms with van der Waals surface area (Å²) in [6.45, 7) is 13.4. The Bertz CT molecular complexity index is 339. The van der Waals surface area contributed by atoms with Crippen LogP contribution in [0.15, 0.2) is 0 Å². The van der Waals surface area contributed by atoms with E-state index in [2.05, 4.69) is 36.3 Å². The number of hydrogen-bond donors (Lipinski definition) is 2. The van der Waals surface area contributed by atoms with Crippen molar-refractivity contribution in [1.82, 2.24) is 15.5 Å². The van der Waals surface area contributed by atoms with Crippen molar-refractivity contribution in [2.45, 2.75) is 46.5 Å².